The van der Waals surface area contributed by atoms with Gasteiger partial charge in [-0.15, -0.1) is 0 Å². The Hall–Kier alpha value is -0.860. The van der Waals surface area contributed by atoms with Gasteiger partial charge in [0.05, 0.1) is 0 Å². The fourth-order valence-electron chi connectivity index (χ4n) is 1.64. The summed E-state index contributed by atoms with van der Waals surface area (Å²) in [5.41, 5.74) is 4.13. The van der Waals surface area contributed by atoms with E-state index in [-0.39, 0.29) is 0 Å². The van der Waals surface area contributed by atoms with E-state index in [4.69, 9.17) is 0 Å². The quantitative estimate of drug-likeness (QED) is 0.733. The zero-order chi connectivity index (χ0) is 10.6. The molecule has 0 spiro atoms. The first-order valence-electron chi connectivity index (χ1n) is 5.02. The lowest BCUT2D eigenvalue weighted by Crippen LogP contribution is -2.28. The summed E-state index contributed by atoms with van der Waals surface area (Å²) in [6, 6.07) is 6.63. The Balaban J connectivity index is 2.67. The summed E-state index contributed by atoms with van der Waals surface area (Å²) in [6.45, 7) is 6.24. The van der Waals surface area contributed by atoms with E-state index in [1.54, 1.807) is 0 Å². The predicted molar refractivity (Wildman–Crippen MR) is 61.3 cm³/mol. The molecule has 0 aliphatic rings. The molecule has 1 N–H and O–H groups in total. The molecule has 0 aliphatic carbocycles. The third-order valence-corrected chi connectivity index (χ3v) is 2.37. The van der Waals surface area contributed by atoms with Crippen molar-refractivity contribution < 1.29 is 0 Å². The third kappa shape index (κ3) is 3.13. The summed E-state index contributed by atoms with van der Waals surface area (Å²) in [5.74, 6) is 0. The maximum absolute atomic E-state index is 3.14. The van der Waals surface area contributed by atoms with Crippen LogP contribution in [0.5, 0.6) is 0 Å². The van der Waals surface area contributed by atoms with Crippen LogP contribution in [-0.2, 0) is 6.54 Å². The second-order valence-electron chi connectivity index (χ2n) is 3.96. The second-order valence-corrected chi connectivity index (χ2v) is 3.96. The van der Waals surface area contributed by atoms with Crippen LogP contribution in [0, 0.1) is 13.8 Å². The number of benzene rings is 1. The molecule has 0 saturated heterocycles. The summed E-state index contributed by atoms with van der Waals surface area (Å²) < 4.78 is 0. The van der Waals surface area contributed by atoms with Gasteiger partial charge in [0.25, 0.3) is 0 Å². The Morgan fingerprint density at radius 3 is 2.57 bits per heavy atom. The first-order chi connectivity index (χ1) is 6.63. The molecule has 0 atom stereocenters. The first kappa shape index (κ1) is 11.2. The molecule has 78 valence electrons. The average molecular weight is 192 g/mol. The number of hydrogen-bond acceptors (Lipinski definition) is 2. The minimum absolute atomic E-state index is 0.924. The van der Waals surface area contributed by atoms with Gasteiger partial charge >= 0.3 is 0 Å². The van der Waals surface area contributed by atoms with Crippen LogP contribution in [0.1, 0.15) is 16.7 Å². The van der Waals surface area contributed by atoms with E-state index in [2.05, 4.69) is 49.3 Å². The monoisotopic (exact) mass is 192 g/mol. The molecular formula is C12H20N2. The van der Waals surface area contributed by atoms with E-state index < -0.39 is 0 Å². The topological polar surface area (TPSA) is 15.3 Å². The standard InChI is InChI=1S/C12H20N2/c1-10-5-6-12(11(2)7-10)8-14(4)9-13-3/h5-7,13H,8-9H2,1-4H3. The van der Waals surface area contributed by atoms with Gasteiger partial charge in [-0.1, -0.05) is 23.8 Å². The molecule has 2 nitrogen and oxygen atoms in total. The number of hydrogen-bond donors (Lipinski definition) is 1. The van der Waals surface area contributed by atoms with Crippen LogP contribution >= 0.6 is 0 Å². The van der Waals surface area contributed by atoms with Crippen LogP contribution in [0.2, 0.25) is 0 Å². The normalized spacial score (nSPS) is 10.9. The van der Waals surface area contributed by atoms with Crippen molar-refractivity contribution in [3.8, 4) is 0 Å². The molecule has 0 heterocycles. The van der Waals surface area contributed by atoms with Gasteiger partial charge in [0.1, 0.15) is 0 Å². The van der Waals surface area contributed by atoms with Crippen molar-refractivity contribution in [3.63, 3.8) is 0 Å². The van der Waals surface area contributed by atoms with Crippen LogP contribution in [0.4, 0.5) is 0 Å². The van der Waals surface area contributed by atoms with Crippen LogP contribution < -0.4 is 5.32 Å². The van der Waals surface area contributed by atoms with Crippen LogP contribution in [0.25, 0.3) is 0 Å². The largest absolute Gasteiger partial charge is 0.307 e. The zero-order valence-electron chi connectivity index (χ0n) is 9.59. The van der Waals surface area contributed by atoms with Gasteiger partial charge in [-0.25, -0.2) is 0 Å². The van der Waals surface area contributed by atoms with Gasteiger partial charge in [-0.3, -0.25) is 4.90 Å². The number of aryl methyl sites for hydroxylation is 2. The molecular weight excluding hydrogens is 172 g/mol. The molecule has 2 heteroatoms. The summed E-state index contributed by atoms with van der Waals surface area (Å²) >= 11 is 0. The van der Waals surface area contributed by atoms with Gasteiger partial charge in [-0.2, -0.15) is 0 Å². The van der Waals surface area contributed by atoms with E-state index in [1.165, 1.54) is 16.7 Å². The Bertz CT molecular complexity index is 294. The molecule has 1 aromatic carbocycles. The highest BCUT2D eigenvalue weighted by Gasteiger charge is 2.01. The minimum Gasteiger partial charge on any atom is -0.307 e. The van der Waals surface area contributed by atoms with E-state index >= 15 is 0 Å². The Morgan fingerprint density at radius 1 is 1.29 bits per heavy atom. The number of rotatable bonds is 4. The van der Waals surface area contributed by atoms with Crippen molar-refractivity contribution in [2.75, 3.05) is 20.8 Å². The van der Waals surface area contributed by atoms with Gasteiger partial charge in [0.15, 0.2) is 0 Å². The van der Waals surface area contributed by atoms with Crippen molar-refractivity contribution in [3.05, 3.63) is 34.9 Å². The van der Waals surface area contributed by atoms with Crippen molar-refractivity contribution in [1.82, 2.24) is 10.2 Å². The number of nitrogens with zero attached hydrogens (tertiary/aromatic N) is 1. The van der Waals surface area contributed by atoms with Crippen molar-refractivity contribution >= 4 is 0 Å². The van der Waals surface area contributed by atoms with Crippen LogP contribution in [-0.4, -0.2) is 25.7 Å². The smallest absolute Gasteiger partial charge is 0.0478 e. The summed E-state index contributed by atoms with van der Waals surface area (Å²) in [5, 5.41) is 3.14. The van der Waals surface area contributed by atoms with E-state index in [9.17, 15) is 0 Å². The summed E-state index contributed by atoms with van der Waals surface area (Å²) in [7, 11) is 4.09. The van der Waals surface area contributed by atoms with E-state index in [0.717, 1.165) is 13.2 Å². The fraction of sp³-hybridized carbons (Fsp3) is 0.500. The molecule has 0 radical (unpaired) electrons. The Labute approximate surface area is 86.9 Å². The van der Waals surface area contributed by atoms with E-state index in [0.29, 0.717) is 0 Å². The average Bonchev–Trinajstić information content (AvgIpc) is 2.10. The first-order valence-corrected chi connectivity index (χ1v) is 5.02. The van der Waals surface area contributed by atoms with Gasteiger partial charge in [0.2, 0.25) is 0 Å². The fourth-order valence-corrected chi connectivity index (χ4v) is 1.64. The summed E-state index contributed by atoms with van der Waals surface area (Å²) in [6.07, 6.45) is 0. The van der Waals surface area contributed by atoms with Crippen molar-refractivity contribution in [2.24, 2.45) is 0 Å². The molecule has 0 aliphatic heterocycles. The maximum atomic E-state index is 3.14. The molecule has 0 fully saturated rings. The SMILES string of the molecule is CNCN(C)Cc1ccc(C)cc1C. The molecule has 0 bridgehead atoms. The minimum atomic E-state index is 0.924. The lowest BCUT2D eigenvalue weighted by molar-refractivity contribution is 0.309. The molecule has 0 saturated carbocycles. The van der Waals surface area contributed by atoms with Crippen molar-refractivity contribution in [2.45, 2.75) is 20.4 Å². The van der Waals surface area contributed by atoms with E-state index in [1.807, 2.05) is 7.05 Å². The van der Waals surface area contributed by atoms with Crippen molar-refractivity contribution in [1.29, 1.82) is 0 Å². The predicted octanol–water partition coefficient (Wildman–Crippen LogP) is 1.91. The van der Waals surface area contributed by atoms with Crippen LogP contribution in [0.15, 0.2) is 18.2 Å². The molecule has 0 aromatic heterocycles. The third-order valence-electron chi connectivity index (χ3n) is 2.37. The number of nitrogens with one attached hydrogen (secondary N) is 1. The second kappa shape index (κ2) is 5.13. The molecule has 1 aromatic rings. The highest BCUT2D eigenvalue weighted by atomic mass is 15.2. The molecule has 0 amide bonds. The highest BCUT2D eigenvalue weighted by Crippen LogP contribution is 2.11. The molecule has 14 heavy (non-hydrogen) atoms. The maximum Gasteiger partial charge on any atom is 0.0478 e. The Kier molecular flexibility index (Phi) is 4.11. The molecule has 1 rings (SSSR count). The van der Waals surface area contributed by atoms with Gasteiger partial charge in [0, 0.05) is 13.2 Å². The zero-order valence-corrected chi connectivity index (χ0v) is 9.59. The summed E-state index contributed by atoms with van der Waals surface area (Å²) in [4.78, 5) is 2.26. The van der Waals surface area contributed by atoms with Gasteiger partial charge in [-0.05, 0) is 39.1 Å². The molecule has 0 unspecified atom stereocenters. The Morgan fingerprint density at radius 2 is 2.00 bits per heavy atom. The lowest BCUT2D eigenvalue weighted by Gasteiger charge is -2.17. The lowest BCUT2D eigenvalue weighted by atomic mass is 10.1. The highest BCUT2D eigenvalue weighted by molar-refractivity contribution is 5.30. The van der Waals surface area contributed by atoms with Crippen LogP contribution in [0.3, 0.4) is 0 Å². The van der Waals surface area contributed by atoms with Gasteiger partial charge < -0.3 is 5.32 Å².